The molecule has 0 spiro atoms. The third-order valence-electron chi connectivity index (χ3n) is 2.15. The molecule has 1 aliphatic carbocycles. The molecule has 0 saturated heterocycles. The van der Waals surface area contributed by atoms with Crippen LogP contribution in [0.15, 0.2) is 25.8 Å². The second kappa shape index (κ2) is 4.94. The van der Waals surface area contributed by atoms with E-state index in [1.54, 1.807) is 0 Å². The van der Waals surface area contributed by atoms with Gasteiger partial charge in [0.25, 0.3) is 0 Å². The Kier molecular flexibility index (Phi) is 4.16. The van der Waals surface area contributed by atoms with Crippen molar-refractivity contribution in [2.24, 2.45) is 4.99 Å². The molecule has 0 radical (unpaired) electrons. The van der Waals surface area contributed by atoms with E-state index in [-0.39, 0.29) is 0 Å². The van der Waals surface area contributed by atoms with Crippen LogP contribution in [0, 0.1) is 0 Å². The Morgan fingerprint density at radius 1 is 1.38 bits per heavy atom. The Morgan fingerprint density at radius 2 is 2.08 bits per heavy atom. The van der Waals surface area contributed by atoms with E-state index in [4.69, 9.17) is 0 Å². The number of hydrogen-bond acceptors (Lipinski definition) is 1. The third-order valence-corrected chi connectivity index (χ3v) is 3.47. The molecule has 1 rings (SSSR count). The molecule has 13 heavy (non-hydrogen) atoms. The minimum absolute atomic E-state index is 0.887. The monoisotopic (exact) mass is 289 g/mol. The summed E-state index contributed by atoms with van der Waals surface area (Å²) in [6, 6.07) is 0. The van der Waals surface area contributed by atoms with Crippen molar-refractivity contribution < 1.29 is 0 Å². The fourth-order valence-electron chi connectivity index (χ4n) is 1.38. The molecule has 1 aliphatic rings. The van der Waals surface area contributed by atoms with E-state index < -0.39 is 0 Å². The highest BCUT2D eigenvalue weighted by Crippen LogP contribution is 2.36. The van der Waals surface area contributed by atoms with Crippen LogP contribution in [-0.2, 0) is 0 Å². The minimum Gasteiger partial charge on any atom is -0.284 e. The Labute approximate surface area is 94.2 Å². The summed E-state index contributed by atoms with van der Waals surface area (Å²) < 4.78 is 1.35. The number of nitrogens with zero attached hydrogens (tertiary/aromatic N) is 1. The molecule has 0 N–H and O–H groups in total. The van der Waals surface area contributed by atoms with E-state index in [1.165, 1.54) is 33.3 Å². The highest BCUT2D eigenvalue weighted by Gasteiger charge is 2.24. The molecule has 0 aromatic heterocycles. The average molecular weight is 289 g/mol. The Hall–Kier alpha value is -0.120. The van der Waals surface area contributed by atoms with Gasteiger partial charge in [-0.05, 0) is 48.4 Å². The summed E-state index contributed by atoms with van der Waals surface area (Å²) in [7, 11) is 0. The predicted octanol–water partition coefficient (Wildman–Crippen LogP) is 3.90. The van der Waals surface area contributed by atoms with Crippen molar-refractivity contribution in [3.8, 4) is 0 Å². The van der Waals surface area contributed by atoms with E-state index in [0.717, 1.165) is 6.54 Å². The molecule has 0 atom stereocenters. The molecular weight excluding hydrogens is 273 g/mol. The molecule has 0 aliphatic heterocycles. The van der Waals surface area contributed by atoms with Crippen LogP contribution in [0.1, 0.15) is 33.6 Å². The summed E-state index contributed by atoms with van der Waals surface area (Å²) in [4.78, 5) is 4.48. The second-order valence-corrected chi connectivity index (χ2v) is 4.25. The number of unbranched alkanes of at least 4 members (excludes halogenated alkanes) is 1. The fraction of sp³-hybridized carbons (Fsp3) is 0.545. The number of aliphatic imine (C=N–C) groups is 1. The summed E-state index contributed by atoms with van der Waals surface area (Å²) in [5.41, 5.74) is 4.03. The zero-order valence-electron chi connectivity index (χ0n) is 8.52. The van der Waals surface area contributed by atoms with Crippen LogP contribution < -0.4 is 0 Å². The summed E-state index contributed by atoms with van der Waals surface area (Å²) in [5, 5.41) is 0. The Morgan fingerprint density at radius 3 is 2.62 bits per heavy atom. The van der Waals surface area contributed by atoms with Crippen LogP contribution in [-0.4, -0.2) is 12.3 Å². The molecular formula is C11H16IN. The first kappa shape index (κ1) is 11.0. The van der Waals surface area contributed by atoms with E-state index in [1.807, 2.05) is 0 Å². The summed E-state index contributed by atoms with van der Waals surface area (Å²) in [5.74, 6) is 0. The molecule has 0 amide bonds. The van der Waals surface area contributed by atoms with Crippen LogP contribution >= 0.6 is 22.6 Å². The second-order valence-electron chi connectivity index (χ2n) is 3.17. The maximum Gasteiger partial charge on any atom is 0.0782 e. The van der Waals surface area contributed by atoms with Crippen molar-refractivity contribution in [3.05, 3.63) is 20.8 Å². The average Bonchev–Trinajstić information content (AvgIpc) is 2.16. The van der Waals surface area contributed by atoms with E-state index in [2.05, 4.69) is 54.4 Å². The van der Waals surface area contributed by atoms with Crippen molar-refractivity contribution in [2.75, 3.05) is 6.54 Å². The molecule has 2 heteroatoms. The Balaban J connectivity index is 2.84. The zero-order valence-corrected chi connectivity index (χ0v) is 10.7. The van der Waals surface area contributed by atoms with Gasteiger partial charge in [0.1, 0.15) is 0 Å². The van der Waals surface area contributed by atoms with Crippen LogP contribution in [0.4, 0.5) is 0 Å². The van der Waals surface area contributed by atoms with Crippen LogP contribution in [0.2, 0.25) is 0 Å². The number of rotatable bonds is 3. The van der Waals surface area contributed by atoms with Crippen LogP contribution in [0.5, 0.6) is 0 Å². The van der Waals surface area contributed by atoms with Gasteiger partial charge >= 0.3 is 0 Å². The van der Waals surface area contributed by atoms with E-state index in [9.17, 15) is 0 Å². The van der Waals surface area contributed by atoms with Crippen molar-refractivity contribution in [3.63, 3.8) is 0 Å². The maximum absolute atomic E-state index is 4.48. The lowest BCUT2D eigenvalue weighted by Crippen LogP contribution is -2.17. The van der Waals surface area contributed by atoms with Gasteiger partial charge in [-0.3, -0.25) is 4.99 Å². The quantitative estimate of drug-likeness (QED) is 0.699. The van der Waals surface area contributed by atoms with E-state index >= 15 is 0 Å². The van der Waals surface area contributed by atoms with Crippen molar-refractivity contribution >= 4 is 28.3 Å². The zero-order chi connectivity index (χ0) is 9.84. The van der Waals surface area contributed by atoms with Gasteiger partial charge in [0.05, 0.1) is 5.71 Å². The van der Waals surface area contributed by atoms with Crippen molar-refractivity contribution in [2.45, 2.75) is 33.6 Å². The molecule has 0 bridgehead atoms. The van der Waals surface area contributed by atoms with Gasteiger partial charge in [-0.15, -0.1) is 0 Å². The minimum atomic E-state index is 0.887. The number of hydrogen-bond donors (Lipinski definition) is 0. The first-order valence-electron chi connectivity index (χ1n) is 4.84. The molecule has 0 fully saturated rings. The standard InChI is InChI=1S/C11H16IN/c1-4-6-7-9-8(3)10(12)11(9)13-5-2/h7H,4-6H2,1-3H3/b9-7+,13-11-. The fourth-order valence-corrected chi connectivity index (χ4v) is 2.13. The van der Waals surface area contributed by atoms with Gasteiger partial charge in [0.15, 0.2) is 0 Å². The molecule has 0 aromatic rings. The summed E-state index contributed by atoms with van der Waals surface area (Å²) in [6.45, 7) is 7.36. The van der Waals surface area contributed by atoms with Crippen molar-refractivity contribution in [1.29, 1.82) is 0 Å². The number of allylic oxidation sites excluding steroid dienone is 4. The van der Waals surface area contributed by atoms with Gasteiger partial charge in [0.2, 0.25) is 0 Å². The third kappa shape index (κ3) is 2.22. The topological polar surface area (TPSA) is 12.4 Å². The predicted molar refractivity (Wildman–Crippen MR) is 67.7 cm³/mol. The van der Waals surface area contributed by atoms with Gasteiger partial charge in [-0.1, -0.05) is 19.4 Å². The van der Waals surface area contributed by atoms with Gasteiger partial charge in [-0.25, -0.2) is 0 Å². The first-order valence-corrected chi connectivity index (χ1v) is 5.92. The van der Waals surface area contributed by atoms with Crippen LogP contribution in [0.3, 0.4) is 0 Å². The molecule has 0 unspecified atom stereocenters. The van der Waals surface area contributed by atoms with Gasteiger partial charge in [-0.2, -0.15) is 0 Å². The molecule has 0 saturated carbocycles. The molecule has 1 nitrogen and oxygen atoms in total. The molecule has 0 heterocycles. The van der Waals surface area contributed by atoms with Crippen molar-refractivity contribution in [1.82, 2.24) is 0 Å². The molecule has 72 valence electrons. The summed E-state index contributed by atoms with van der Waals surface area (Å²) in [6.07, 6.45) is 4.69. The lowest BCUT2D eigenvalue weighted by molar-refractivity contribution is 0.952. The highest BCUT2D eigenvalue weighted by atomic mass is 127. The van der Waals surface area contributed by atoms with E-state index in [0.29, 0.717) is 0 Å². The number of halogens is 1. The van der Waals surface area contributed by atoms with Gasteiger partial charge in [0, 0.05) is 15.7 Å². The molecule has 0 aromatic carbocycles. The smallest absolute Gasteiger partial charge is 0.0782 e. The summed E-state index contributed by atoms with van der Waals surface area (Å²) >= 11 is 2.38. The SMILES string of the molecule is CCC/C=C1C(C)=C(I)C\1=N/CC. The Bertz CT molecular complexity index is 284. The largest absolute Gasteiger partial charge is 0.284 e. The lowest BCUT2D eigenvalue weighted by atomic mass is 9.89. The van der Waals surface area contributed by atoms with Crippen LogP contribution in [0.25, 0.3) is 0 Å². The van der Waals surface area contributed by atoms with Gasteiger partial charge < -0.3 is 0 Å². The maximum atomic E-state index is 4.48. The lowest BCUT2D eigenvalue weighted by Gasteiger charge is -2.23. The normalized spacial score (nSPS) is 22.8. The highest BCUT2D eigenvalue weighted by molar-refractivity contribution is 14.1. The first-order chi connectivity index (χ1) is 6.22.